The van der Waals surface area contributed by atoms with Gasteiger partial charge in [-0.1, -0.05) is 18.7 Å². The average Bonchev–Trinajstić information content (AvgIpc) is 2.80. The third kappa shape index (κ3) is 4.57. The number of nitrogens with one attached hydrogen (secondary N) is 1. The van der Waals surface area contributed by atoms with Crippen molar-refractivity contribution in [3.05, 3.63) is 24.3 Å². The van der Waals surface area contributed by atoms with Gasteiger partial charge < -0.3 is 40.5 Å². The van der Waals surface area contributed by atoms with E-state index in [1.807, 2.05) is 0 Å². The molecule has 2 aliphatic rings. The molecule has 7 atom stereocenters. The number of carboxylic acids is 1. The normalized spacial score (nSPS) is 36.8. The minimum absolute atomic E-state index is 0.501. The minimum atomic E-state index is -4.43. The van der Waals surface area contributed by atoms with Crippen molar-refractivity contribution in [1.82, 2.24) is 5.32 Å². The number of carboxylic acid groups (broad SMARTS) is 1. The summed E-state index contributed by atoms with van der Waals surface area (Å²) in [6.07, 6.45) is -4.34. The lowest BCUT2D eigenvalue weighted by Crippen LogP contribution is -2.52. The van der Waals surface area contributed by atoms with Crippen molar-refractivity contribution in [2.75, 3.05) is 12.8 Å². The molecule has 2 heterocycles. The van der Waals surface area contributed by atoms with Crippen LogP contribution >= 0.6 is 7.60 Å². The van der Waals surface area contributed by atoms with Crippen LogP contribution in [0.2, 0.25) is 0 Å². The highest BCUT2D eigenvalue weighted by molar-refractivity contribution is 7.53. The summed E-state index contributed by atoms with van der Waals surface area (Å²) in [4.78, 5) is 32.0. The van der Waals surface area contributed by atoms with Gasteiger partial charge in [0.2, 0.25) is 5.91 Å². The maximum Gasteiger partial charge on any atom is 0.339 e. The van der Waals surface area contributed by atoms with Crippen LogP contribution in [0.1, 0.15) is 0 Å². The molecule has 3 unspecified atom stereocenters. The van der Waals surface area contributed by atoms with E-state index in [1.165, 1.54) is 12.2 Å². The Morgan fingerprint density at radius 2 is 2.12 bits per heavy atom. The zero-order valence-corrected chi connectivity index (χ0v) is 14.5. The van der Waals surface area contributed by atoms with Gasteiger partial charge in [0.15, 0.2) is 0 Å². The number of aliphatic carboxylic acids is 1. The molecule has 0 saturated carbocycles. The Kier molecular flexibility index (Phi) is 6.35. The number of nitrogens with two attached hydrogens (primary N) is 1. The molecular weight excluding hydrogens is 371 g/mol. The highest BCUT2D eigenvalue weighted by atomic mass is 31.2. The zero-order valence-electron chi connectivity index (χ0n) is 13.6. The number of hydrogen-bond acceptors (Lipinski definition) is 8. The number of carbonyl (C=O) groups excluding carboxylic acids is 1. The van der Waals surface area contributed by atoms with E-state index in [9.17, 15) is 29.3 Å². The molecule has 0 aromatic heterocycles. The maximum absolute atomic E-state index is 12.1. The van der Waals surface area contributed by atoms with E-state index < -0.39 is 68.7 Å². The van der Waals surface area contributed by atoms with Gasteiger partial charge in [0, 0.05) is 0 Å². The molecule has 1 fully saturated rings. The Hall–Kier alpha value is -1.59. The quantitative estimate of drug-likeness (QED) is 0.262. The van der Waals surface area contributed by atoms with Gasteiger partial charge >= 0.3 is 13.6 Å². The highest BCUT2D eigenvalue weighted by Gasteiger charge is 2.49. The van der Waals surface area contributed by atoms with Crippen LogP contribution in [-0.4, -0.2) is 75.4 Å². The molecule has 0 aliphatic carbocycles. The first-order valence-corrected chi connectivity index (χ1v) is 9.42. The predicted molar refractivity (Wildman–Crippen MR) is 86.8 cm³/mol. The van der Waals surface area contributed by atoms with E-state index in [4.69, 9.17) is 15.6 Å². The van der Waals surface area contributed by atoms with E-state index >= 15 is 0 Å². The fourth-order valence-corrected chi connectivity index (χ4v) is 3.59. The number of aliphatic hydroxyl groups is 2. The van der Waals surface area contributed by atoms with Crippen LogP contribution in [0.15, 0.2) is 24.3 Å². The molecule has 0 aromatic rings. The largest absolute Gasteiger partial charge is 0.481 e. The Balaban J connectivity index is 2.08. The molecule has 2 rings (SSSR count). The van der Waals surface area contributed by atoms with E-state index in [0.29, 0.717) is 5.57 Å². The zero-order chi connectivity index (χ0) is 19.6. The summed E-state index contributed by atoms with van der Waals surface area (Å²) >= 11 is 0. The second kappa shape index (κ2) is 7.97. The minimum Gasteiger partial charge on any atom is -0.481 e. The summed E-state index contributed by atoms with van der Waals surface area (Å²) in [7, 11) is -4.43. The summed E-state index contributed by atoms with van der Waals surface area (Å²) in [5.41, 5.74) is 6.22. The van der Waals surface area contributed by atoms with Crippen LogP contribution < -0.4 is 11.1 Å². The number of rotatable bonds is 7. The second-order valence-electron chi connectivity index (χ2n) is 5.99. The van der Waals surface area contributed by atoms with Crippen LogP contribution in [0, 0.1) is 5.92 Å². The van der Waals surface area contributed by atoms with E-state index in [1.54, 1.807) is 0 Å². The van der Waals surface area contributed by atoms with Crippen molar-refractivity contribution in [2.24, 2.45) is 11.7 Å². The van der Waals surface area contributed by atoms with Gasteiger partial charge in [-0.15, -0.1) is 0 Å². The molecule has 0 bridgehead atoms. The molecule has 26 heavy (non-hydrogen) atoms. The summed E-state index contributed by atoms with van der Waals surface area (Å²) in [6, 6.07) is 0. The molecule has 146 valence electrons. The molecule has 0 spiro atoms. The first-order chi connectivity index (χ1) is 12.1. The fourth-order valence-electron chi connectivity index (χ4n) is 2.78. The van der Waals surface area contributed by atoms with Crippen molar-refractivity contribution in [1.29, 1.82) is 0 Å². The van der Waals surface area contributed by atoms with Crippen molar-refractivity contribution in [2.45, 2.75) is 30.6 Å². The monoisotopic (exact) mass is 392 g/mol. The van der Waals surface area contributed by atoms with Gasteiger partial charge in [0.05, 0.1) is 12.5 Å². The van der Waals surface area contributed by atoms with Crippen LogP contribution in [-0.2, 0) is 23.4 Å². The number of ether oxygens (including phenoxy) is 1. The molecule has 12 heteroatoms. The molecule has 7 N–H and O–H groups in total. The molecule has 0 aromatic carbocycles. The first kappa shape index (κ1) is 20.7. The third-order valence-electron chi connectivity index (χ3n) is 4.10. The first-order valence-electron chi connectivity index (χ1n) is 7.65. The van der Waals surface area contributed by atoms with Crippen LogP contribution in [0.4, 0.5) is 0 Å². The van der Waals surface area contributed by atoms with Crippen molar-refractivity contribution in [3.63, 3.8) is 0 Å². The van der Waals surface area contributed by atoms with E-state index in [-0.39, 0.29) is 0 Å². The Labute approximate surface area is 148 Å². The van der Waals surface area contributed by atoms with Crippen molar-refractivity contribution >= 4 is 19.5 Å². The van der Waals surface area contributed by atoms with Gasteiger partial charge in [0.25, 0.3) is 0 Å². The summed E-state index contributed by atoms with van der Waals surface area (Å²) < 4.78 is 21.7. The predicted octanol–water partition coefficient (Wildman–Crippen LogP) is -2.09. The molecule has 2 aliphatic heterocycles. The Bertz CT molecular complexity index is 667. The standard InChI is InChI=1S/C14H21N2O9P/c1-2-6-3-7(14(21)16-13(6)15)12-11(20)10(19)8(25-12)4-24-26(22,23)5-9(17)18/h2-3,7-8,10-13,19-20H,1,4-5,15H2,(H,16,21)(H,17,18)(H,22,23)/t7?,8-,10-,11+,12+,13?/m1/s1. The van der Waals surface area contributed by atoms with Crippen LogP contribution in [0.5, 0.6) is 0 Å². The van der Waals surface area contributed by atoms with Crippen molar-refractivity contribution < 1.29 is 43.6 Å². The van der Waals surface area contributed by atoms with Gasteiger partial charge in [0.1, 0.15) is 36.7 Å². The Morgan fingerprint density at radius 3 is 2.69 bits per heavy atom. The summed E-state index contributed by atoms with van der Waals surface area (Å²) in [5.74, 6) is -3.03. The van der Waals surface area contributed by atoms with Crippen LogP contribution in [0.25, 0.3) is 0 Å². The topological polar surface area (TPSA) is 189 Å². The number of hydrogen-bond donors (Lipinski definition) is 6. The average molecular weight is 392 g/mol. The number of amides is 1. The van der Waals surface area contributed by atoms with Gasteiger partial charge in [-0.2, -0.15) is 0 Å². The van der Waals surface area contributed by atoms with Gasteiger partial charge in [-0.3, -0.25) is 14.2 Å². The molecule has 1 amide bonds. The third-order valence-corrected chi connectivity index (χ3v) is 5.32. The molecular formula is C14H21N2O9P. The lowest BCUT2D eigenvalue weighted by Gasteiger charge is -2.30. The lowest BCUT2D eigenvalue weighted by atomic mass is 9.90. The fraction of sp³-hybridized carbons (Fsp3) is 0.571. The maximum atomic E-state index is 12.1. The SMILES string of the molecule is C=CC1=CC([C@@H]2O[C@H](COP(=O)(O)CC(=O)O)[C@@H](O)[C@@H]2O)C(=O)NC1N. The number of carbonyl (C=O) groups is 2. The van der Waals surface area contributed by atoms with Gasteiger partial charge in [-0.05, 0) is 5.57 Å². The van der Waals surface area contributed by atoms with E-state index in [0.717, 1.165) is 0 Å². The van der Waals surface area contributed by atoms with E-state index in [2.05, 4.69) is 16.4 Å². The molecule has 0 radical (unpaired) electrons. The molecule has 11 nitrogen and oxygen atoms in total. The Morgan fingerprint density at radius 1 is 1.46 bits per heavy atom. The summed E-state index contributed by atoms with van der Waals surface area (Å²) in [5, 5.41) is 31.3. The second-order valence-corrected chi connectivity index (χ2v) is 7.84. The van der Waals surface area contributed by atoms with Crippen LogP contribution in [0.3, 0.4) is 0 Å². The summed E-state index contributed by atoms with van der Waals surface area (Å²) in [6.45, 7) is 2.93. The lowest BCUT2D eigenvalue weighted by molar-refractivity contribution is -0.134. The molecule has 1 saturated heterocycles. The van der Waals surface area contributed by atoms with Gasteiger partial charge in [-0.25, -0.2) is 0 Å². The highest BCUT2D eigenvalue weighted by Crippen LogP contribution is 2.42. The van der Waals surface area contributed by atoms with Crippen molar-refractivity contribution in [3.8, 4) is 0 Å². The number of aliphatic hydroxyl groups excluding tert-OH is 2. The smallest absolute Gasteiger partial charge is 0.339 e.